The van der Waals surface area contributed by atoms with Crippen molar-refractivity contribution in [3.8, 4) is 0 Å². The van der Waals surface area contributed by atoms with E-state index in [-0.39, 0.29) is 18.7 Å². The van der Waals surface area contributed by atoms with Gasteiger partial charge < -0.3 is 25.0 Å². The van der Waals surface area contributed by atoms with E-state index in [1.165, 1.54) is 0 Å². The molecule has 2 rings (SSSR count). The first-order valence-electron chi connectivity index (χ1n) is 7.56. The zero-order valence-electron chi connectivity index (χ0n) is 12.7. The van der Waals surface area contributed by atoms with Crippen molar-refractivity contribution < 1.29 is 19.4 Å². The summed E-state index contributed by atoms with van der Waals surface area (Å²) < 4.78 is 5.25. The molecular formula is C14H25N3O4. The van der Waals surface area contributed by atoms with Crippen LogP contribution in [0, 0.1) is 11.8 Å². The second-order valence-electron chi connectivity index (χ2n) is 5.94. The summed E-state index contributed by atoms with van der Waals surface area (Å²) >= 11 is 0. The maximum Gasteiger partial charge on any atom is 0.317 e. The predicted octanol–water partition coefficient (Wildman–Crippen LogP) is 0.0692. The number of urea groups is 1. The Morgan fingerprint density at radius 3 is 2.76 bits per heavy atom. The van der Waals surface area contributed by atoms with E-state index in [4.69, 9.17) is 4.74 Å². The molecule has 7 heteroatoms. The number of hydrogen-bond acceptors (Lipinski definition) is 4. The highest BCUT2D eigenvalue weighted by molar-refractivity contribution is 5.77. The van der Waals surface area contributed by atoms with Gasteiger partial charge in [-0.15, -0.1) is 0 Å². The Morgan fingerprint density at radius 1 is 1.43 bits per heavy atom. The number of nitrogens with zero attached hydrogens (tertiary/aromatic N) is 2. The van der Waals surface area contributed by atoms with E-state index in [9.17, 15) is 14.7 Å². The largest absolute Gasteiger partial charge is 0.481 e. The topological polar surface area (TPSA) is 82.1 Å². The van der Waals surface area contributed by atoms with E-state index >= 15 is 0 Å². The molecule has 2 N–H and O–H groups in total. The van der Waals surface area contributed by atoms with Gasteiger partial charge in [0.1, 0.15) is 5.92 Å². The molecule has 0 aromatic heterocycles. The van der Waals surface area contributed by atoms with E-state index in [1.54, 1.807) is 4.90 Å². The predicted molar refractivity (Wildman–Crippen MR) is 77.1 cm³/mol. The molecular weight excluding hydrogens is 274 g/mol. The van der Waals surface area contributed by atoms with Crippen molar-refractivity contribution >= 4 is 12.0 Å². The van der Waals surface area contributed by atoms with Crippen molar-refractivity contribution in [1.82, 2.24) is 15.1 Å². The first-order chi connectivity index (χ1) is 10.0. The molecule has 2 amide bonds. The third-order valence-electron chi connectivity index (χ3n) is 4.40. The molecule has 0 radical (unpaired) electrons. The van der Waals surface area contributed by atoms with Crippen LogP contribution < -0.4 is 5.32 Å². The number of carboxylic acids is 1. The van der Waals surface area contributed by atoms with Gasteiger partial charge in [0, 0.05) is 19.6 Å². The lowest BCUT2D eigenvalue weighted by Gasteiger charge is -2.29. The molecule has 2 aliphatic rings. The maximum atomic E-state index is 12.3. The zero-order chi connectivity index (χ0) is 15.4. The van der Waals surface area contributed by atoms with Crippen molar-refractivity contribution in [3.63, 3.8) is 0 Å². The molecule has 120 valence electrons. The van der Waals surface area contributed by atoms with Gasteiger partial charge >= 0.3 is 12.0 Å². The van der Waals surface area contributed by atoms with Gasteiger partial charge in [-0.25, -0.2) is 4.79 Å². The van der Waals surface area contributed by atoms with Gasteiger partial charge in [-0.1, -0.05) is 0 Å². The van der Waals surface area contributed by atoms with Gasteiger partial charge in [-0.3, -0.25) is 4.79 Å². The Balaban J connectivity index is 1.87. The minimum atomic E-state index is -0.902. The minimum Gasteiger partial charge on any atom is -0.481 e. The van der Waals surface area contributed by atoms with Gasteiger partial charge in [0.05, 0.1) is 19.3 Å². The number of likely N-dealkylation sites (tertiary alicyclic amines) is 1. The van der Waals surface area contributed by atoms with E-state index in [2.05, 4.69) is 17.3 Å². The summed E-state index contributed by atoms with van der Waals surface area (Å²) in [6.07, 6.45) is 1.09. The molecule has 0 spiro atoms. The molecule has 0 aromatic carbocycles. The highest BCUT2D eigenvalue weighted by atomic mass is 16.5. The minimum absolute atomic E-state index is 0.178. The van der Waals surface area contributed by atoms with Gasteiger partial charge in [-0.2, -0.15) is 0 Å². The monoisotopic (exact) mass is 299 g/mol. The van der Waals surface area contributed by atoms with Crippen LogP contribution in [0.5, 0.6) is 0 Å². The third kappa shape index (κ3) is 3.85. The average Bonchev–Trinajstić information content (AvgIpc) is 3.06. The van der Waals surface area contributed by atoms with Gasteiger partial charge in [0.2, 0.25) is 0 Å². The van der Waals surface area contributed by atoms with Gasteiger partial charge in [-0.05, 0) is 32.9 Å². The lowest BCUT2D eigenvalue weighted by atomic mass is 10.0. The van der Waals surface area contributed by atoms with Crippen molar-refractivity contribution in [2.45, 2.75) is 19.4 Å². The van der Waals surface area contributed by atoms with Crippen LogP contribution in [0.4, 0.5) is 4.79 Å². The van der Waals surface area contributed by atoms with Crippen LogP contribution in [0.3, 0.4) is 0 Å². The number of nitrogens with one attached hydrogen (secondary N) is 1. The van der Waals surface area contributed by atoms with Crippen LogP contribution in [0.1, 0.15) is 13.3 Å². The fourth-order valence-electron chi connectivity index (χ4n) is 3.14. The number of carboxylic acid groups (broad SMARTS) is 1. The first kappa shape index (κ1) is 16.0. The van der Waals surface area contributed by atoms with E-state index in [0.29, 0.717) is 25.6 Å². The molecule has 0 saturated carbocycles. The Bertz CT molecular complexity index is 390. The fourth-order valence-corrected chi connectivity index (χ4v) is 3.14. The number of ether oxygens (including phenoxy) is 1. The number of aliphatic carboxylic acids is 1. The number of likely N-dealkylation sites (N-methyl/N-ethyl adjacent to an activating group) is 1. The molecule has 2 aliphatic heterocycles. The number of carbonyl (C=O) groups excluding carboxylic acids is 1. The molecule has 2 heterocycles. The molecule has 2 fully saturated rings. The van der Waals surface area contributed by atoms with Crippen molar-refractivity contribution in [3.05, 3.63) is 0 Å². The molecule has 3 atom stereocenters. The highest BCUT2D eigenvalue weighted by Crippen LogP contribution is 2.20. The summed E-state index contributed by atoms with van der Waals surface area (Å²) in [6.45, 7) is 5.52. The van der Waals surface area contributed by atoms with E-state index in [1.807, 2.05) is 6.92 Å². The smallest absolute Gasteiger partial charge is 0.317 e. The normalized spacial score (nSPS) is 29.5. The van der Waals surface area contributed by atoms with Crippen molar-refractivity contribution in [2.24, 2.45) is 11.8 Å². The quantitative estimate of drug-likeness (QED) is 0.751. The Hall–Kier alpha value is -1.34. The lowest BCUT2D eigenvalue weighted by Crippen LogP contribution is -2.51. The molecule has 0 aliphatic carbocycles. The van der Waals surface area contributed by atoms with Gasteiger partial charge in [0.25, 0.3) is 0 Å². The van der Waals surface area contributed by atoms with Crippen LogP contribution in [-0.2, 0) is 9.53 Å². The summed E-state index contributed by atoms with van der Waals surface area (Å²) in [6, 6.07) is -0.562. The van der Waals surface area contributed by atoms with Crippen molar-refractivity contribution in [2.75, 3.05) is 46.4 Å². The molecule has 7 nitrogen and oxygen atoms in total. The van der Waals surface area contributed by atoms with Crippen LogP contribution in [0.15, 0.2) is 0 Å². The molecule has 0 bridgehead atoms. The second kappa shape index (κ2) is 7.09. The molecule has 21 heavy (non-hydrogen) atoms. The number of carbonyl (C=O) groups is 2. The van der Waals surface area contributed by atoms with Crippen LogP contribution >= 0.6 is 0 Å². The summed E-state index contributed by atoms with van der Waals surface area (Å²) in [5.74, 6) is -1.05. The first-order valence-corrected chi connectivity index (χ1v) is 7.56. The summed E-state index contributed by atoms with van der Waals surface area (Å²) in [5, 5.41) is 12.1. The van der Waals surface area contributed by atoms with E-state index in [0.717, 1.165) is 19.5 Å². The van der Waals surface area contributed by atoms with Crippen LogP contribution in [0.2, 0.25) is 0 Å². The fraction of sp³-hybridized carbons (Fsp3) is 0.857. The van der Waals surface area contributed by atoms with Crippen LogP contribution in [0.25, 0.3) is 0 Å². The Labute approximate surface area is 125 Å². The van der Waals surface area contributed by atoms with Crippen molar-refractivity contribution in [1.29, 1.82) is 0 Å². The Morgan fingerprint density at radius 2 is 2.19 bits per heavy atom. The number of amides is 2. The molecule has 0 aromatic rings. The molecule has 2 saturated heterocycles. The summed E-state index contributed by atoms with van der Waals surface area (Å²) in [5.41, 5.74) is 0. The number of rotatable bonds is 5. The highest BCUT2D eigenvalue weighted by Gasteiger charge is 2.39. The van der Waals surface area contributed by atoms with Gasteiger partial charge in [0.15, 0.2) is 0 Å². The maximum absolute atomic E-state index is 12.3. The standard InChI is InChI=1S/C14H25N3O4/c1-3-17(12-9-21-8-11(12)13(18)19)14(20)15-6-10-4-5-16(2)7-10/h10-12H,3-9H2,1-2H3,(H,15,20)(H,18,19). The molecule has 3 unspecified atom stereocenters. The van der Waals surface area contributed by atoms with E-state index < -0.39 is 11.9 Å². The zero-order valence-corrected chi connectivity index (χ0v) is 12.7. The lowest BCUT2D eigenvalue weighted by molar-refractivity contribution is -0.142. The Kier molecular flexibility index (Phi) is 5.41. The third-order valence-corrected chi connectivity index (χ3v) is 4.40. The summed E-state index contributed by atoms with van der Waals surface area (Å²) in [4.78, 5) is 27.4. The average molecular weight is 299 g/mol. The second-order valence-corrected chi connectivity index (χ2v) is 5.94. The number of hydrogen-bond donors (Lipinski definition) is 2. The summed E-state index contributed by atoms with van der Waals surface area (Å²) in [7, 11) is 2.08. The van der Waals surface area contributed by atoms with Crippen LogP contribution in [-0.4, -0.2) is 79.4 Å². The SMILES string of the molecule is CCN(C(=O)NCC1CCN(C)C1)C1COCC1C(=O)O.